The van der Waals surface area contributed by atoms with Crippen molar-refractivity contribution in [2.75, 3.05) is 0 Å². The minimum absolute atomic E-state index is 0.101. The summed E-state index contributed by atoms with van der Waals surface area (Å²) in [5.41, 5.74) is 5.47. The minimum atomic E-state index is -0.101. The van der Waals surface area contributed by atoms with Crippen LogP contribution in [0, 0.1) is 0 Å². The number of para-hydroxylation sites is 3. The molecule has 1 aromatic heterocycles. The first-order valence-electron chi connectivity index (χ1n) is 12.4. The van der Waals surface area contributed by atoms with Gasteiger partial charge in [-0.15, -0.1) is 0 Å². The monoisotopic (exact) mass is 474 g/mol. The van der Waals surface area contributed by atoms with Gasteiger partial charge in [0.25, 0.3) is 0 Å². The van der Waals surface area contributed by atoms with E-state index in [1.54, 1.807) is 0 Å². The first kappa shape index (κ1) is 21.3. The zero-order chi connectivity index (χ0) is 24.8. The summed E-state index contributed by atoms with van der Waals surface area (Å²) in [6.07, 6.45) is 0. The first-order valence-corrected chi connectivity index (χ1v) is 12.4. The summed E-state index contributed by atoms with van der Waals surface area (Å²) in [5, 5.41) is 4.85. The topological polar surface area (TPSA) is 34.9 Å². The molecular weight excluding hydrogens is 452 g/mol. The number of rotatable bonds is 4. The second-order valence-corrected chi connectivity index (χ2v) is 9.23. The fourth-order valence-corrected chi connectivity index (χ4v) is 5.17. The van der Waals surface area contributed by atoms with Crippen molar-refractivity contribution in [1.29, 1.82) is 0 Å². The van der Waals surface area contributed by atoms with Crippen LogP contribution in [0.3, 0.4) is 0 Å². The summed E-state index contributed by atoms with van der Waals surface area (Å²) >= 11 is 0. The van der Waals surface area contributed by atoms with E-state index in [9.17, 15) is 4.79 Å². The summed E-state index contributed by atoms with van der Waals surface area (Å²) < 4.78 is 1.95. The van der Waals surface area contributed by atoms with Crippen LogP contribution in [0.4, 0.5) is 0 Å². The molecule has 0 saturated heterocycles. The predicted molar refractivity (Wildman–Crippen MR) is 151 cm³/mol. The number of aromatic nitrogens is 2. The highest BCUT2D eigenvalue weighted by Crippen LogP contribution is 2.32. The highest BCUT2D eigenvalue weighted by molar-refractivity contribution is 6.10. The predicted octanol–water partition coefficient (Wildman–Crippen LogP) is 8.23. The molecule has 3 nitrogen and oxygen atoms in total. The third-order valence-corrected chi connectivity index (χ3v) is 6.98. The molecular formula is C34H22N2O. The fraction of sp³-hybridized carbons (Fsp3) is 0. The van der Waals surface area contributed by atoms with Crippen LogP contribution in [0.5, 0.6) is 0 Å². The highest BCUT2D eigenvalue weighted by Gasteiger charge is 2.20. The van der Waals surface area contributed by atoms with Crippen molar-refractivity contribution in [3.05, 3.63) is 145 Å². The molecule has 7 aromatic rings. The first-order chi connectivity index (χ1) is 18.3. The lowest BCUT2D eigenvalue weighted by molar-refractivity contribution is 0.102. The Labute approximate surface area is 214 Å². The molecule has 0 N–H and O–H groups in total. The van der Waals surface area contributed by atoms with E-state index in [-0.39, 0.29) is 5.78 Å². The standard InChI is InChI=1S/C34H22N2O/c37-33(34-35-31-15-6-7-16-32(31)36(34)28-12-2-1-3-13-28)24-19-17-23(18-20-24)29-14-8-11-27-21-25-9-4-5-10-26(25)22-30(27)29/h1-22H. The van der Waals surface area contributed by atoms with Gasteiger partial charge in [0.2, 0.25) is 5.78 Å². The van der Waals surface area contributed by atoms with E-state index in [0.29, 0.717) is 11.4 Å². The third-order valence-electron chi connectivity index (χ3n) is 6.98. The molecule has 0 aliphatic carbocycles. The van der Waals surface area contributed by atoms with Gasteiger partial charge >= 0.3 is 0 Å². The van der Waals surface area contributed by atoms with Crippen LogP contribution in [0.2, 0.25) is 0 Å². The Hall–Kier alpha value is -5.02. The van der Waals surface area contributed by atoms with Gasteiger partial charge in [0.05, 0.1) is 11.0 Å². The number of imidazole rings is 1. The molecule has 0 aliphatic rings. The number of hydrogen-bond donors (Lipinski definition) is 0. The summed E-state index contributed by atoms with van der Waals surface area (Å²) in [7, 11) is 0. The molecule has 0 unspecified atom stereocenters. The van der Waals surface area contributed by atoms with E-state index in [4.69, 9.17) is 4.98 Å². The molecule has 0 aliphatic heterocycles. The Morgan fingerprint density at radius 2 is 1.27 bits per heavy atom. The van der Waals surface area contributed by atoms with Gasteiger partial charge in [-0.1, -0.05) is 97.1 Å². The molecule has 1 heterocycles. The third kappa shape index (κ3) is 3.60. The molecule has 0 fully saturated rings. The molecule has 6 aromatic carbocycles. The number of fused-ring (bicyclic) bond motifs is 3. The lowest BCUT2D eigenvalue weighted by atomic mass is 9.95. The molecule has 0 radical (unpaired) electrons. The molecule has 7 rings (SSSR count). The number of hydrogen-bond acceptors (Lipinski definition) is 2. The van der Waals surface area contributed by atoms with Gasteiger partial charge in [-0.2, -0.15) is 0 Å². The second-order valence-electron chi connectivity index (χ2n) is 9.23. The van der Waals surface area contributed by atoms with Crippen LogP contribution in [0.25, 0.3) is 49.4 Å². The molecule has 37 heavy (non-hydrogen) atoms. The van der Waals surface area contributed by atoms with Crippen molar-refractivity contribution in [2.45, 2.75) is 0 Å². The SMILES string of the molecule is O=C(c1ccc(-c2cccc3cc4ccccc4cc23)cc1)c1nc2ccccc2n1-c1ccccc1. The Morgan fingerprint density at radius 3 is 2.08 bits per heavy atom. The van der Waals surface area contributed by atoms with Crippen LogP contribution >= 0.6 is 0 Å². The lowest BCUT2D eigenvalue weighted by Crippen LogP contribution is -2.10. The van der Waals surface area contributed by atoms with Gasteiger partial charge in [-0.3, -0.25) is 9.36 Å². The normalized spacial score (nSPS) is 11.4. The number of carbonyl (C=O) groups excluding carboxylic acids is 1. The largest absolute Gasteiger partial charge is 0.290 e. The fourth-order valence-electron chi connectivity index (χ4n) is 5.17. The Balaban J connectivity index is 1.31. The summed E-state index contributed by atoms with van der Waals surface area (Å²) in [6, 6.07) is 45.0. The van der Waals surface area contributed by atoms with Gasteiger partial charge in [0.15, 0.2) is 5.82 Å². The van der Waals surface area contributed by atoms with Crippen LogP contribution in [0.15, 0.2) is 133 Å². The maximum Gasteiger partial charge on any atom is 0.228 e. The zero-order valence-electron chi connectivity index (χ0n) is 20.0. The molecule has 174 valence electrons. The molecule has 0 saturated carbocycles. The molecule has 0 bridgehead atoms. The highest BCUT2D eigenvalue weighted by atomic mass is 16.1. The molecule has 3 heteroatoms. The van der Waals surface area contributed by atoms with Gasteiger partial charge in [-0.25, -0.2) is 4.98 Å². The van der Waals surface area contributed by atoms with Crippen molar-refractivity contribution in [3.63, 3.8) is 0 Å². The van der Waals surface area contributed by atoms with Crippen LogP contribution in [-0.4, -0.2) is 15.3 Å². The quantitative estimate of drug-likeness (QED) is 0.190. The van der Waals surface area contributed by atoms with Crippen molar-refractivity contribution < 1.29 is 4.79 Å². The van der Waals surface area contributed by atoms with Crippen LogP contribution in [0.1, 0.15) is 16.2 Å². The number of benzene rings is 6. The zero-order valence-corrected chi connectivity index (χ0v) is 20.0. The Kier molecular flexibility index (Phi) is 4.93. The summed E-state index contributed by atoms with van der Waals surface area (Å²) in [5.74, 6) is 0.312. The second kappa shape index (κ2) is 8.58. The summed E-state index contributed by atoms with van der Waals surface area (Å²) in [6.45, 7) is 0. The van der Waals surface area contributed by atoms with Crippen molar-refractivity contribution >= 4 is 38.4 Å². The van der Waals surface area contributed by atoms with E-state index in [1.165, 1.54) is 21.5 Å². The number of carbonyl (C=O) groups is 1. The lowest BCUT2D eigenvalue weighted by Gasteiger charge is -2.11. The Bertz CT molecular complexity index is 1930. The maximum absolute atomic E-state index is 13.7. The van der Waals surface area contributed by atoms with E-state index < -0.39 is 0 Å². The van der Waals surface area contributed by atoms with E-state index >= 15 is 0 Å². The van der Waals surface area contributed by atoms with Crippen molar-refractivity contribution in [2.24, 2.45) is 0 Å². The number of nitrogens with zero attached hydrogens (tertiary/aromatic N) is 2. The maximum atomic E-state index is 13.7. The average Bonchev–Trinajstić information content (AvgIpc) is 3.35. The van der Waals surface area contributed by atoms with Crippen molar-refractivity contribution in [3.8, 4) is 16.8 Å². The number of ketones is 1. The smallest absolute Gasteiger partial charge is 0.228 e. The van der Waals surface area contributed by atoms with Gasteiger partial charge in [0.1, 0.15) is 0 Å². The average molecular weight is 475 g/mol. The molecule has 0 atom stereocenters. The van der Waals surface area contributed by atoms with Crippen LogP contribution in [-0.2, 0) is 0 Å². The van der Waals surface area contributed by atoms with E-state index in [1.807, 2.05) is 83.4 Å². The van der Waals surface area contributed by atoms with Crippen molar-refractivity contribution in [1.82, 2.24) is 9.55 Å². The minimum Gasteiger partial charge on any atom is -0.290 e. The van der Waals surface area contributed by atoms with E-state index in [2.05, 4.69) is 54.6 Å². The Morgan fingerprint density at radius 1 is 0.595 bits per heavy atom. The van der Waals surface area contributed by atoms with E-state index in [0.717, 1.165) is 27.8 Å². The van der Waals surface area contributed by atoms with Gasteiger partial charge in [0, 0.05) is 11.3 Å². The van der Waals surface area contributed by atoms with Gasteiger partial charge < -0.3 is 0 Å². The molecule has 0 spiro atoms. The van der Waals surface area contributed by atoms with Gasteiger partial charge in [-0.05, 0) is 69.1 Å². The van der Waals surface area contributed by atoms with Crippen LogP contribution < -0.4 is 0 Å². The molecule has 0 amide bonds. The summed E-state index contributed by atoms with van der Waals surface area (Å²) in [4.78, 5) is 18.5.